The Hall–Kier alpha value is -4.73. The SMILES string of the molecule is CCC[C@](F)(NC(=O)[C@@H]1C[C@@H](Oc2ccc(Cl)cn2)CN1C(=O)[C@@H](NC(=O)[C@@H](NC(=O)c1cnccn1)C1CCCCC1)C(C)(C)C)C(=O)C(=O)NC1CC1. The van der Waals surface area contributed by atoms with Crippen LogP contribution in [0, 0.1) is 11.3 Å². The van der Waals surface area contributed by atoms with Gasteiger partial charge in [-0.3, -0.25) is 33.8 Å². The van der Waals surface area contributed by atoms with E-state index in [2.05, 4.69) is 36.2 Å². The Morgan fingerprint density at radius 3 is 2.31 bits per heavy atom. The van der Waals surface area contributed by atoms with Gasteiger partial charge < -0.3 is 30.9 Å². The quantitative estimate of drug-likeness (QED) is 0.154. The van der Waals surface area contributed by atoms with E-state index in [0.29, 0.717) is 30.7 Å². The highest BCUT2D eigenvalue weighted by molar-refractivity contribution is 6.39. The number of rotatable bonds is 15. The van der Waals surface area contributed by atoms with Crippen LogP contribution in [-0.2, 0) is 24.0 Å². The maximum absolute atomic E-state index is 16.4. The van der Waals surface area contributed by atoms with Gasteiger partial charge in [0.1, 0.15) is 29.9 Å². The summed E-state index contributed by atoms with van der Waals surface area (Å²) in [6.45, 7) is 6.66. The number of likely N-dealkylation sites (tertiary alicyclic amines) is 1. The fourth-order valence-corrected chi connectivity index (χ4v) is 7.15. The Balaban J connectivity index is 1.41. The summed E-state index contributed by atoms with van der Waals surface area (Å²) in [6.07, 6.45) is 9.58. The molecule has 55 heavy (non-hydrogen) atoms. The summed E-state index contributed by atoms with van der Waals surface area (Å²) in [5.41, 5.74) is -0.901. The lowest BCUT2D eigenvalue weighted by Gasteiger charge is -2.37. The predicted molar refractivity (Wildman–Crippen MR) is 198 cm³/mol. The Labute approximate surface area is 324 Å². The van der Waals surface area contributed by atoms with Crippen LogP contribution in [0.5, 0.6) is 5.88 Å². The summed E-state index contributed by atoms with van der Waals surface area (Å²) in [4.78, 5) is 95.4. The number of alkyl halides is 1. The van der Waals surface area contributed by atoms with Crippen molar-refractivity contribution < 1.29 is 37.9 Å². The maximum atomic E-state index is 16.4. The first kappa shape index (κ1) is 41.4. The molecule has 5 rings (SSSR count). The van der Waals surface area contributed by atoms with E-state index in [-0.39, 0.29) is 42.9 Å². The zero-order valence-electron chi connectivity index (χ0n) is 31.6. The Morgan fingerprint density at radius 2 is 1.71 bits per heavy atom. The summed E-state index contributed by atoms with van der Waals surface area (Å²) in [7, 11) is 0. The van der Waals surface area contributed by atoms with Crippen LogP contribution in [0.3, 0.4) is 0 Å². The van der Waals surface area contributed by atoms with Crippen LogP contribution in [0.1, 0.15) is 102 Å². The average molecular weight is 785 g/mol. The monoisotopic (exact) mass is 784 g/mol. The summed E-state index contributed by atoms with van der Waals surface area (Å²) >= 11 is 5.99. The van der Waals surface area contributed by atoms with Crippen LogP contribution in [-0.4, -0.2) is 97.8 Å². The second-order valence-corrected chi connectivity index (χ2v) is 16.1. The van der Waals surface area contributed by atoms with Gasteiger partial charge in [0.25, 0.3) is 23.4 Å². The van der Waals surface area contributed by atoms with Crippen LogP contribution in [0.15, 0.2) is 36.9 Å². The van der Waals surface area contributed by atoms with Crippen LogP contribution < -0.4 is 26.0 Å². The van der Waals surface area contributed by atoms with Gasteiger partial charge in [-0.15, -0.1) is 0 Å². The van der Waals surface area contributed by atoms with Crippen LogP contribution >= 0.6 is 11.6 Å². The molecule has 15 nitrogen and oxygen atoms in total. The number of hydrogen-bond donors (Lipinski definition) is 4. The molecule has 17 heteroatoms. The number of ketones is 1. The van der Waals surface area contributed by atoms with Crippen LogP contribution in [0.2, 0.25) is 5.02 Å². The topological polar surface area (TPSA) is 202 Å². The highest BCUT2D eigenvalue weighted by atomic mass is 35.5. The van der Waals surface area contributed by atoms with Gasteiger partial charge in [0.2, 0.25) is 23.6 Å². The van der Waals surface area contributed by atoms with Crippen molar-refractivity contribution in [2.75, 3.05) is 6.54 Å². The van der Waals surface area contributed by atoms with Crippen molar-refractivity contribution in [3.05, 3.63) is 47.6 Å². The first-order valence-corrected chi connectivity index (χ1v) is 19.3. The molecule has 0 spiro atoms. The molecule has 4 N–H and O–H groups in total. The molecule has 2 aliphatic carbocycles. The van der Waals surface area contributed by atoms with E-state index in [9.17, 15) is 28.8 Å². The number of aromatic nitrogens is 3. The number of nitrogens with one attached hydrogen (secondary N) is 4. The highest BCUT2D eigenvalue weighted by Gasteiger charge is 2.50. The number of carbonyl (C=O) groups excluding carboxylic acids is 6. The lowest BCUT2D eigenvalue weighted by Crippen LogP contribution is -2.63. The molecule has 1 aliphatic heterocycles. The summed E-state index contributed by atoms with van der Waals surface area (Å²) in [5.74, 6) is -8.52. The van der Waals surface area contributed by atoms with E-state index < -0.39 is 77.2 Å². The van der Waals surface area contributed by atoms with Gasteiger partial charge in [-0.2, -0.15) is 0 Å². The van der Waals surface area contributed by atoms with Gasteiger partial charge in [0, 0.05) is 43.5 Å². The molecule has 2 aromatic rings. The Kier molecular flexibility index (Phi) is 13.4. The molecule has 1 saturated heterocycles. The summed E-state index contributed by atoms with van der Waals surface area (Å²) in [6, 6.07) is -0.758. The minimum Gasteiger partial charge on any atom is -0.472 e. The molecule has 2 aromatic heterocycles. The number of ether oxygens (including phenoxy) is 1. The van der Waals surface area contributed by atoms with E-state index in [0.717, 1.165) is 19.3 Å². The fraction of sp³-hybridized carbons (Fsp3) is 0.605. The summed E-state index contributed by atoms with van der Waals surface area (Å²) < 4.78 is 22.5. The molecule has 0 bridgehead atoms. The number of nitrogens with zero attached hydrogens (tertiary/aromatic N) is 4. The molecule has 298 valence electrons. The van der Waals surface area contributed by atoms with Crippen molar-refractivity contribution in [3.8, 4) is 5.88 Å². The molecule has 2 saturated carbocycles. The third-order valence-electron chi connectivity index (χ3n) is 10.1. The molecule has 5 atom stereocenters. The van der Waals surface area contributed by atoms with Crippen LogP contribution in [0.4, 0.5) is 4.39 Å². The van der Waals surface area contributed by atoms with Crippen molar-refractivity contribution in [2.24, 2.45) is 11.3 Å². The second kappa shape index (κ2) is 17.8. The number of pyridine rings is 1. The zero-order valence-corrected chi connectivity index (χ0v) is 32.4. The molecule has 5 amide bonds. The molecular formula is C38H50ClFN8O7. The minimum absolute atomic E-state index is 0.0298. The third-order valence-corrected chi connectivity index (χ3v) is 10.3. The first-order chi connectivity index (χ1) is 26.1. The molecule has 3 aliphatic rings. The van der Waals surface area contributed by atoms with Crippen molar-refractivity contribution in [2.45, 2.75) is 128 Å². The van der Waals surface area contributed by atoms with E-state index >= 15 is 4.39 Å². The lowest BCUT2D eigenvalue weighted by atomic mass is 9.82. The number of hydrogen-bond acceptors (Lipinski definition) is 10. The number of halogens is 2. The number of Topliss-reactive ketones (excluding diaryl/α,β-unsaturated/α-hetero) is 1. The van der Waals surface area contributed by atoms with Crippen molar-refractivity contribution >= 4 is 46.9 Å². The number of amides is 5. The van der Waals surface area contributed by atoms with Gasteiger partial charge >= 0.3 is 0 Å². The highest BCUT2D eigenvalue weighted by Crippen LogP contribution is 2.31. The minimum atomic E-state index is -3.04. The van der Waals surface area contributed by atoms with Gasteiger partial charge in [0.05, 0.1) is 17.8 Å². The lowest BCUT2D eigenvalue weighted by molar-refractivity contribution is -0.151. The Morgan fingerprint density at radius 1 is 0.982 bits per heavy atom. The van der Waals surface area contributed by atoms with Gasteiger partial charge in [-0.05, 0) is 43.1 Å². The second-order valence-electron chi connectivity index (χ2n) is 15.7. The fourth-order valence-electron chi connectivity index (χ4n) is 7.04. The predicted octanol–water partition coefficient (Wildman–Crippen LogP) is 3.21. The van der Waals surface area contributed by atoms with Gasteiger partial charge in [0.15, 0.2) is 0 Å². The molecular weight excluding hydrogens is 735 g/mol. The Bertz CT molecular complexity index is 1720. The van der Waals surface area contributed by atoms with Crippen LogP contribution in [0.25, 0.3) is 0 Å². The molecule has 0 unspecified atom stereocenters. The smallest absolute Gasteiger partial charge is 0.293 e. The van der Waals surface area contributed by atoms with E-state index in [4.69, 9.17) is 16.3 Å². The van der Waals surface area contributed by atoms with Gasteiger partial charge in [-0.1, -0.05) is 65.0 Å². The molecule has 3 heterocycles. The maximum Gasteiger partial charge on any atom is 0.293 e. The normalized spacial score (nSPS) is 21.0. The number of carbonyl (C=O) groups is 6. The molecule has 3 fully saturated rings. The largest absolute Gasteiger partial charge is 0.472 e. The molecule has 0 aromatic carbocycles. The average Bonchev–Trinajstić information content (AvgIpc) is 3.88. The van der Waals surface area contributed by atoms with Gasteiger partial charge in [-0.25, -0.2) is 14.4 Å². The molecule has 0 radical (unpaired) electrons. The standard InChI is InChI=1S/C38H50ClFN8O7/c1-5-15-38(40,31(49)35(53)44-24-12-13-24)47-33(51)27-18-25(55-28-14-11-23(39)19-43-28)21-48(27)36(54)30(37(2,3)4)46-34(52)29(22-9-7-6-8-10-22)45-32(50)26-20-41-16-17-42-26/h11,14,16-17,19-20,22,24-25,27,29-30H,5-10,12-13,15,18,21H2,1-4H3,(H,44,53)(H,45,50)(H,46,52)(H,47,51)/t25-,27+,29+,30-,38+/m1/s1. The van der Waals surface area contributed by atoms with Crippen molar-refractivity contribution in [3.63, 3.8) is 0 Å². The van der Waals surface area contributed by atoms with E-state index in [1.54, 1.807) is 33.8 Å². The zero-order chi connectivity index (χ0) is 39.9. The van der Waals surface area contributed by atoms with Crippen molar-refractivity contribution in [1.82, 2.24) is 41.1 Å². The summed E-state index contributed by atoms with van der Waals surface area (Å²) in [5, 5.41) is 10.7. The van der Waals surface area contributed by atoms with Crippen molar-refractivity contribution in [1.29, 1.82) is 0 Å². The third kappa shape index (κ3) is 10.7. The first-order valence-electron chi connectivity index (χ1n) is 18.9. The van der Waals surface area contributed by atoms with E-state index in [1.165, 1.54) is 35.8 Å². The van der Waals surface area contributed by atoms with E-state index in [1.807, 2.05) is 0 Å².